The highest BCUT2D eigenvalue weighted by Gasteiger charge is 2.37. The van der Waals surface area contributed by atoms with E-state index in [0.717, 1.165) is 19.3 Å². The van der Waals surface area contributed by atoms with E-state index in [1.807, 2.05) is 0 Å². The van der Waals surface area contributed by atoms with E-state index in [1.54, 1.807) is 0 Å². The highest BCUT2D eigenvalue weighted by molar-refractivity contribution is 5.72. The van der Waals surface area contributed by atoms with Crippen LogP contribution in [0.3, 0.4) is 0 Å². The van der Waals surface area contributed by atoms with Crippen LogP contribution in [0.1, 0.15) is 71.1 Å². The average Bonchev–Trinajstić information content (AvgIpc) is 2.66. The van der Waals surface area contributed by atoms with Gasteiger partial charge in [-0.1, -0.05) is 39.0 Å². The van der Waals surface area contributed by atoms with E-state index in [0.29, 0.717) is 12.5 Å². The minimum Gasteiger partial charge on any atom is -0.460 e. The Morgan fingerprint density at radius 3 is 2.78 bits per heavy atom. The van der Waals surface area contributed by atoms with Crippen LogP contribution in [-0.4, -0.2) is 24.3 Å². The molecule has 0 aliphatic carbocycles. The first-order valence-electron chi connectivity index (χ1n) is 7.64. The highest BCUT2D eigenvalue weighted by atomic mass is 16.6. The van der Waals surface area contributed by atoms with E-state index in [1.165, 1.54) is 38.5 Å². The number of rotatable bonds is 5. The van der Waals surface area contributed by atoms with Crippen molar-refractivity contribution in [2.45, 2.75) is 89.4 Å². The lowest BCUT2D eigenvalue weighted by Crippen LogP contribution is -2.31. The van der Waals surface area contributed by atoms with Gasteiger partial charge in [-0.25, -0.2) is 0 Å². The number of hydrogen-bond donors (Lipinski definition) is 0. The van der Waals surface area contributed by atoms with E-state index in [4.69, 9.17) is 9.47 Å². The molecule has 0 aromatic carbocycles. The molecule has 0 spiro atoms. The van der Waals surface area contributed by atoms with Gasteiger partial charge in [0.25, 0.3) is 0 Å². The highest BCUT2D eigenvalue weighted by Crippen LogP contribution is 2.29. The summed E-state index contributed by atoms with van der Waals surface area (Å²) in [6.45, 7) is 2.23. The SMILES string of the molecule is CCCCCC[C@H]1CCCC[C@H]2OC(=O)C[C@H]2O1. The molecule has 0 radical (unpaired) electrons. The van der Waals surface area contributed by atoms with Crippen molar-refractivity contribution < 1.29 is 14.3 Å². The number of unbranched alkanes of at least 4 members (excludes halogenated alkanes) is 3. The van der Waals surface area contributed by atoms with Crippen LogP contribution < -0.4 is 0 Å². The van der Waals surface area contributed by atoms with Gasteiger partial charge < -0.3 is 9.47 Å². The molecule has 2 aliphatic rings. The fourth-order valence-corrected chi connectivity index (χ4v) is 3.01. The Hall–Kier alpha value is -0.570. The summed E-state index contributed by atoms with van der Waals surface area (Å²) < 4.78 is 11.4. The van der Waals surface area contributed by atoms with E-state index in [9.17, 15) is 4.79 Å². The first-order chi connectivity index (χ1) is 8.79. The molecule has 0 amide bonds. The Balaban J connectivity index is 1.78. The smallest absolute Gasteiger partial charge is 0.308 e. The van der Waals surface area contributed by atoms with Crippen LogP contribution in [-0.2, 0) is 14.3 Å². The minimum atomic E-state index is -0.0726. The van der Waals surface area contributed by atoms with Crippen LogP contribution in [0.5, 0.6) is 0 Å². The predicted molar refractivity (Wildman–Crippen MR) is 70.4 cm³/mol. The second-order valence-electron chi connectivity index (χ2n) is 5.66. The van der Waals surface area contributed by atoms with Crippen LogP contribution in [0.15, 0.2) is 0 Å². The summed E-state index contributed by atoms with van der Waals surface area (Å²) in [6.07, 6.45) is 11.7. The van der Waals surface area contributed by atoms with Gasteiger partial charge in [-0.3, -0.25) is 4.79 Å². The number of fused-ring (bicyclic) bond motifs is 1. The van der Waals surface area contributed by atoms with Gasteiger partial charge >= 0.3 is 5.97 Å². The molecule has 0 bridgehead atoms. The van der Waals surface area contributed by atoms with Gasteiger partial charge in [0.2, 0.25) is 0 Å². The van der Waals surface area contributed by atoms with Gasteiger partial charge in [0.1, 0.15) is 12.2 Å². The fourth-order valence-electron chi connectivity index (χ4n) is 3.01. The lowest BCUT2D eigenvalue weighted by Gasteiger charge is -2.27. The van der Waals surface area contributed by atoms with Crippen molar-refractivity contribution in [1.29, 1.82) is 0 Å². The topological polar surface area (TPSA) is 35.5 Å². The molecule has 18 heavy (non-hydrogen) atoms. The summed E-state index contributed by atoms with van der Waals surface area (Å²) in [5.41, 5.74) is 0. The van der Waals surface area contributed by atoms with Gasteiger partial charge in [0.05, 0.1) is 12.5 Å². The molecule has 104 valence electrons. The Morgan fingerprint density at radius 1 is 1.11 bits per heavy atom. The maximum Gasteiger partial charge on any atom is 0.308 e. The molecular weight excluding hydrogens is 228 g/mol. The van der Waals surface area contributed by atoms with Crippen molar-refractivity contribution in [2.75, 3.05) is 0 Å². The van der Waals surface area contributed by atoms with Crippen LogP contribution in [0.25, 0.3) is 0 Å². The molecule has 2 rings (SSSR count). The molecule has 2 fully saturated rings. The number of esters is 1. The summed E-state index contributed by atoms with van der Waals surface area (Å²) in [7, 11) is 0. The average molecular weight is 254 g/mol. The van der Waals surface area contributed by atoms with Crippen molar-refractivity contribution in [1.82, 2.24) is 0 Å². The van der Waals surface area contributed by atoms with Crippen molar-refractivity contribution in [2.24, 2.45) is 0 Å². The molecule has 0 aromatic rings. The first kappa shape index (κ1) is 13.9. The maximum absolute atomic E-state index is 11.3. The summed E-state index contributed by atoms with van der Waals surface area (Å²) in [5, 5.41) is 0. The second-order valence-corrected chi connectivity index (χ2v) is 5.66. The molecule has 0 saturated carbocycles. The number of carbonyl (C=O) groups excluding carboxylic acids is 1. The molecule has 3 heteroatoms. The quantitative estimate of drug-likeness (QED) is 0.555. The Labute approximate surface area is 110 Å². The normalized spacial score (nSPS) is 32.5. The third-order valence-corrected chi connectivity index (χ3v) is 4.08. The largest absolute Gasteiger partial charge is 0.460 e. The molecule has 0 unspecified atom stereocenters. The fraction of sp³-hybridized carbons (Fsp3) is 0.933. The summed E-state index contributed by atoms with van der Waals surface area (Å²) in [6, 6.07) is 0. The van der Waals surface area contributed by atoms with Gasteiger partial charge in [-0.15, -0.1) is 0 Å². The first-order valence-corrected chi connectivity index (χ1v) is 7.64. The molecule has 3 atom stereocenters. The molecule has 0 aromatic heterocycles. The Morgan fingerprint density at radius 2 is 1.94 bits per heavy atom. The summed E-state index contributed by atoms with van der Waals surface area (Å²) >= 11 is 0. The van der Waals surface area contributed by atoms with Gasteiger partial charge in [0, 0.05) is 0 Å². The monoisotopic (exact) mass is 254 g/mol. The Bertz CT molecular complexity index is 264. The minimum absolute atomic E-state index is 0.0361. The lowest BCUT2D eigenvalue weighted by atomic mass is 9.98. The Kier molecular flexibility index (Phi) is 5.48. The zero-order chi connectivity index (χ0) is 12.8. The van der Waals surface area contributed by atoms with Crippen LogP contribution in [0.2, 0.25) is 0 Å². The third-order valence-electron chi connectivity index (χ3n) is 4.08. The van der Waals surface area contributed by atoms with Crippen molar-refractivity contribution in [3.8, 4) is 0 Å². The van der Waals surface area contributed by atoms with E-state index in [2.05, 4.69) is 6.92 Å². The molecule has 2 saturated heterocycles. The summed E-state index contributed by atoms with van der Waals surface area (Å²) in [4.78, 5) is 11.3. The maximum atomic E-state index is 11.3. The zero-order valence-electron chi connectivity index (χ0n) is 11.5. The number of carbonyl (C=O) groups is 1. The van der Waals surface area contributed by atoms with Gasteiger partial charge in [-0.05, 0) is 25.7 Å². The molecule has 2 heterocycles. The standard InChI is InChI=1S/C15H26O3/c1-2-3-4-5-8-12-9-6-7-10-13-14(17-12)11-15(16)18-13/h12-14H,2-11H2,1H3/t12-,13+,14+/m0/s1. The lowest BCUT2D eigenvalue weighted by molar-refractivity contribution is -0.142. The van der Waals surface area contributed by atoms with Crippen molar-refractivity contribution >= 4 is 5.97 Å². The van der Waals surface area contributed by atoms with Crippen LogP contribution >= 0.6 is 0 Å². The second kappa shape index (κ2) is 7.13. The number of hydrogen-bond acceptors (Lipinski definition) is 3. The van der Waals surface area contributed by atoms with Crippen molar-refractivity contribution in [3.63, 3.8) is 0 Å². The number of ether oxygens (including phenoxy) is 2. The van der Waals surface area contributed by atoms with Gasteiger partial charge in [0.15, 0.2) is 0 Å². The molecular formula is C15H26O3. The zero-order valence-corrected chi connectivity index (χ0v) is 11.5. The van der Waals surface area contributed by atoms with E-state index >= 15 is 0 Å². The summed E-state index contributed by atoms with van der Waals surface area (Å²) in [5.74, 6) is -0.0726. The van der Waals surface area contributed by atoms with E-state index in [-0.39, 0.29) is 18.2 Å². The van der Waals surface area contributed by atoms with Crippen LogP contribution in [0.4, 0.5) is 0 Å². The van der Waals surface area contributed by atoms with Crippen LogP contribution in [0, 0.1) is 0 Å². The van der Waals surface area contributed by atoms with Crippen molar-refractivity contribution in [3.05, 3.63) is 0 Å². The van der Waals surface area contributed by atoms with E-state index < -0.39 is 0 Å². The molecule has 0 N–H and O–H groups in total. The third kappa shape index (κ3) is 3.98. The predicted octanol–water partition coefficient (Wildman–Crippen LogP) is 3.60. The molecule has 3 nitrogen and oxygen atoms in total. The van der Waals surface area contributed by atoms with Gasteiger partial charge in [-0.2, -0.15) is 0 Å². The molecule has 2 aliphatic heterocycles.